The minimum atomic E-state index is -1.61. The normalized spacial score (nSPS) is 17.7. The van der Waals surface area contributed by atoms with Gasteiger partial charge >= 0.3 is 0 Å². The molecule has 1 fully saturated rings. The Morgan fingerprint density at radius 3 is 2.48 bits per heavy atom. The third kappa shape index (κ3) is 4.30. The highest BCUT2D eigenvalue weighted by Crippen LogP contribution is 2.35. The summed E-state index contributed by atoms with van der Waals surface area (Å²) in [5.41, 5.74) is 3.59. The molecule has 1 aliphatic heterocycles. The van der Waals surface area contributed by atoms with E-state index in [1.807, 2.05) is 12.1 Å². The Hall–Kier alpha value is -1.58. The molecule has 1 radical (unpaired) electrons. The summed E-state index contributed by atoms with van der Waals surface area (Å²) in [5.74, 6) is 1.06. The SMILES string of the molecule is CC[Si](CC)(CC)c1cc(C)cc(-c2[c]cccc2)c1OC1CCCCO1. The van der Waals surface area contributed by atoms with E-state index in [2.05, 4.69) is 58.0 Å². The van der Waals surface area contributed by atoms with Crippen LogP contribution in [0.3, 0.4) is 0 Å². The number of rotatable bonds is 7. The average Bonchev–Trinajstić information content (AvgIpc) is 2.72. The van der Waals surface area contributed by atoms with Crippen molar-refractivity contribution in [3.05, 3.63) is 48.0 Å². The molecule has 0 saturated carbocycles. The summed E-state index contributed by atoms with van der Waals surface area (Å²) in [6.45, 7) is 10.1. The fourth-order valence-corrected chi connectivity index (χ4v) is 8.16. The van der Waals surface area contributed by atoms with Gasteiger partial charge in [0.15, 0.2) is 6.29 Å². The summed E-state index contributed by atoms with van der Waals surface area (Å²) in [6, 6.07) is 20.0. The highest BCUT2D eigenvalue weighted by atomic mass is 28.3. The van der Waals surface area contributed by atoms with Crippen LogP contribution < -0.4 is 9.92 Å². The third-order valence-corrected chi connectivity index (χ3v) is 11.8. The number of benzene rings is 2. The molecule has 2 aromatic carbocycles. The van der Waals surface area contributed by atoms with E-state index in [1.165, 1.54) is 40.9 Å². The standard InChI is InChI=1S/C24H33O2Si/c1-5-27(6-2,7-3)22-18-19(4)17-21(20-13-9-8-10-14-20)24(22)26-23-15-11-12-16-25-23/h8-10,13,17-18,23H,5-7,11-12,15-16H2,1-4H3. The predicted molar refractivity (Wildman–Crippen MR) is 117 cm³/mol. The maximum atomic E-state index is 6.63. The molecular weight excluding hydrogens is 348 g/mol. The first kappa shape index (κ1) is 20.2. The lowest BCUT2D eigenvalue weighted by atomic mass is 10.0. The first-order chi connectivity index (χ1) is 13.1. The van der Waals surface area contributed by atoms with E-state index in [0.29, 0.717) is 0 Å². The molecule has 1 saturated heterocycles. The van der Waals surface area contributed by atoms with Crippen molar-refractivity contribution in [2.45, 2.75) is 71.4 Å². The lowest BCUT2D eigenvalue weighted by Crippen LogP contribution is -2.47. The predicted octanol–water partition coefficient (Wildman–Crippen LogP) is 6.08. The van der Waals surface area contributed by atoms with Gasteiger partial charge in [0.2, 0.25) is 0 Å². The Kier molecular flexibility index (Phi) is 6.77. The zero-order chi connectivity index (χ0) is 19.3. The lowest BCUT2D eigenvalue weighted by molar-refractivity contribution is -0.105. The lowest BCUT2D eigenvalue weighted by Gasteiger charge is -2.34. The summed E-state index contributed by atoms with van der Waals surface area (Å²) in [5, 5.41) is 1.47. The smallest absolute Gasteiger partial charge is 0.199 e. The van der Waals surface area contributed by atoms with Crippen molar-refractivity contribution in [1.82, 2.24) is 0 Å². The van der Waals surface area contributed by atoms with Crippen LogP contribution in [0.4, 0.5) is 0 Å². The molecule has 3 heteroatoms. The molecule has 145 valence electrons. The Labute approximate surface area is 165 Å². The molecule has 0 aromatic heterocycles. The van der Waals surface area contributed by atoms with Crippen molar-refractivity contribution in [3.63, 3.8) is 0 Å². The van der Waals surface area contributed by atoms with Gasteiger partial charge < -0.3 is 9.47 Å². The van der Waals surface area contributed by atoms with Gasteiger partial charge in [-0.25, -0.2) is 0 Å². The summed E-state index contributed by atoms with van der Waals surface area (Å²) >= 11 is 0. The zero-order valence-corrected chi connectivity index (χ0v) is 18.3. The molecule has 0 N–H and O–H groups in total. The van der Waals surface area contributed by atoms with E-state index in [1.54, 1.807) is 0 Å². The minimum absolute atomic E-state index is 0.125. The van der Waals surface area contributed by atoms with E-state index in [4.69, 9.17) is 9.47 Å². The number of aryl methyl sites for hydroxylation is 1. The fraction of sp³-hybridized carbons (Fsp3) is 0.500. The van der Waals surface area contributed by atoms with Gasteiger partial charge in [0.25, 0.3) is 0 Å². The second kappa shape index (κ2) is 9.07. The van der Waals surface area contributed by atoms with Crippen LogP contribution in [0.1, 0.15) is 45.6 Å². The van der Waals surface area contributed by atoms with Gasteiger partial charge in [-0.2, -0.15) is 0 Å². The fourth-order valence-electron chi connectivity index (χ4n) is 4.31. The second-order valence-electron chi connectivity index (χ2n) is 7.72. The monoisotopic (exact) mass is 381 g/mol. The molecule has 1 atom stereocenters. The Balaban J connectivity index is 2.17. The van der Waals surface area contributed by atoms with Crippen molar-refractivity contribution in [3.8, 4) is 16.9 Å². The van der Waals surface area contributed by atoms with Crippen LogP contribution in [0.25, 0.3) is 11.1 Å². The minimum Gasteiger partial charge on any atom is -0.464 e. The quantitative estimate of drug-likeness (QED) is 0.541. The summed E-state index contributed by atoms with van der Waals surface area (Å²) < 4.78 is 12.6. The molecule has 0 aliphatic carbocycles. The Bertz CT molecular complexity index is 723. The molecule has 3 rings (SSSR count). The molecular formula is C24H33O2Si. The van der Waals surface area contributed by atoms with Crippen LogP contribution in [-0.4, -0.2) is 21.0 Å². The maximum Gasteiger partial charge on any atom is 0.199 e. The maximum absolute atomic E-state index is 6.63. The Morgan fingerprint density at radius 1 is 1.11 bits per heavy atom. The number of ether oxygens (including phenoxy) is 2. The Morgan fingerprint density at radius 2 is 1.89 bits per heavy atom. The van der Waals surface area contributed by atoms with Crippen molar-refractivity contribution in [2.75, 3.05) is 6.61 Å². The van der Waals surface area contributed by atoms with Crippen molar-refractivity contribution in [1.29, 1.82) is 0 Å². The van der Waals surface area contributed by atoms with Crippen LogP contribution in [0.5, 0.6) is 5.75 Å². The average molecular weight is 382 g/mol. The summed E-state index contributed by atoms with van der Waals surface area (Å²) in [4.78, 5) is 0. The van der Waals surface area contributed by atoms with Gasteiger partial charge in [-0.3, -0.25) is 0 Å². The number of hydrogen-bond donors (Lipinski definition) is 0. The van der Waals surface area contributed by atoms with Crippen molar-refractivity contribution < 1.29 is 9.47 Å². The van der Waals surface area contributed by atoms with E-state index in [-0.39, 0.29) is 6.29 Å². The van der Waals surface area contributed by atoms with Gasteiger partial charge in [0.05, 0.1) is 14.7 Å². The van der Waals surface area contributed by atoms with Gasteiger partial charge in [-0.1, -0.05) is 74.8 Å². The molecule has 2 aromatic rings. The van der Waals surface area contributed by atoms with Gasteiger partial charge in [0, 0.05) is 12.0 Å². The van der Waals surface area contributed by atoms with Gasteiger partial charge in [-0.15, -0.1) is 0 Å². The summed E-state index contributed by atoms with van der Waals surface area (Å²) in [6.07, 6.45) is 3.16. The molecule has 0 bridgehead atoms. The van der Waals surface area contributed by atoms with Gasteiger partial charge in [0.1, 0.15) is 5.75 Å². The zero-order valence-electron chi connectivity index (χ0n) is 17.3. The molecule has 0 spiro atoms. The van der Waals surface area contributed by atoms with Crippen LogP contribution in [0.15, 0.2) is 36.4 Å². The van der Waals surface area contributed by atoms with Crippen LogP contribution >= 0.6 is 0 Å². The highest BCUT2D eigenvalue weighted by Gasteiger charge is 2.34. The first-order valence-electron chi connectivity index (χ1n) is 10.5. The molecule has 1 aliphatic rings. The third-order valence-electron chi connectivity index (χ3n) is 6.22. The molecule has 0 amide bonds. The molecule has 1 unspecified atom stereocenters. The molecule has 27 heavy (non-hydrogen) atoms. The first-order valence-corrected chi connectivity index (χ1v) is 13.2. The van der Waals surface area contributed by atoms with E-state index < -0.39 is 8.07 Å². The highest BCUT2D eigenvalue weighted by molar-refractivity contribution is 6.92. The number of hydrogen-bond acceptors (Lipinski definition) is 2. The molecule has 1 heterocycles. The van der Waals surface area contributed by atoms with Crippen molar-refractivity contribution >= 4 is 13.3 Å². The largest absolute Gasteiger partial charge is 0.464 e. The summed E-state index contributed by atoms with van der Waals surface area (Å²) in [7, 11) is -1.61. The van der Waals surface area contributed by atoms with E-state index in [9.17, 15) is 0 Å². The molecule has 2 nitrogen and oxygen atoms in total. The van der Waals surface area contributed by atoms with E-state index in [0.717, 1.165) is 30.8 Å². The van der Waals surface area contributed by atoms with Crippen LogP contribution in [0, 0.1) is 13.0 Å². The van der Waals surface area contributed by atoms with E-state index >= 15 is 0 Å². The van der Waals surface area contributed by atoms with Crippen LogP contribution in [-0.2, 0) is 4.74 Å². The van der Waals surface area contributed by atoms with Crippen molar-refractivity contribution in [2.24, 2.45) is 0 Å². The van der Waals surface area contributed by atoms with Gasteiger partial charge in [-0.05, 0) is 42.6 Å². The topological polar surface area (TPSA) is 18.5 Å². The second-order valence-corrected chi connectivity index (χ2v) is 12.9. The van der Waals surface area contributed by atoms with Crippen LogP contribution in [0.2, 0.25) is 18.1 Å².